The number of aliphatic hydroxyl groups is 1. The van der Waals surface area contributed by atoms with Gasteiger partial charge in [-0.05, 0) is 52.6 Å². The highest BCUT2D eigenvalue weighted by Crippen LogP contribution is 2.20. The smallest absolute Gasteiger partial charge is 0.220 e. The highest BCUT2D eigenvalue weighted by atomic mass is 19.1. The number of carbonyl (C=O) groups is 1. The zero-order valence-corrected chi connectivity index (χ0v) is 14.1. The Morgan fingerprint density at radius 1 is 1.00 bits per heavy atom. The van der Waals surface area contributed by atoms with E-state index in [1.165, 1.54) is 0 Å². The summed E-state index contributed by atoms with van der Waals surface area (Å²) >= 11 is 0. The minimum atomic E-state index is -0.551. The van der Waals surface area contributed by atoms with Crippen molar-refractivity contribution in [1.29, 1.82) is 0 Å². The van der Waals surface area contributed by atoms with Crippen LogP contribution in [0.25, 0.3) is 10.8 Å². The molecule has 0 bridgehead atoms. The number of hydrogen-bond donors (Lipinski definition) is 2. The van der Waals surface area contributed by atoms with Gasteiger partial charge in [0.25, 0.3) is 0 Å². The third-order valence-corrected chi connectivity index (χ3v) is 4.32. The molecule has 0 aliphatic heterocycles. The number of hydrogen-bond acceptors (Lipinski definition) is 2. The first kappa shape index (κ1) is 18.0. The predicted octanol–water partition coefficient (Wildman–Crippen LogP) is 3.90. The molecule has 3 aromatic carbocycles. The fraction of sp³-hybridized carbons (Fsp3) is 0.190. The summed E-state index contributed by atoms with van der Waals surface area (Å²) in [4.78, 5) is 12.2. The van der Waals surface area contributed by atoms with Crippen LogP contribution in [-0.2, 0) is 11.2 Å². The van der Waals surface area contributed by atoms with Gasteiger partial charge in [-0.25, -0.2) is 8.78 Å². The second-order valence-corrected chi connectivity index (χ2v) is 6.14. The first-order chi connectivity index (χ1) is 12.6. The minimum absolute atomic E-state index is 0.00442. The number of aliphatic hydroxyl groups excluding tert-OH is 1. The first-order valence-electron chi connectivity index (χ1n) is 8.39. The predicted molar refractivity (Wildman–Crippen MR) is 96.6 cm³/mol. The van der Waals surface area contributed by atoms with Gasteiger partial charge in [0.05, 0.1) is 12.6 Å². The molecule has 2 N–H and O–H groups in total. The van der Waals surface area contributed by atoms with Crippen LogP contribution in [0.3, 0.4) is 0 Å². The third kappa shape index (κ3) is 4.24. The van der Waals surface area contributed by atoms with Crippen molar-refractivity contribution in [3.8, 4) is 0 Å². The average Bonchev–Trinajstić information content (AvgIpc) is 2.66. The summed E-state index contributed by atoms with van der Waals surface area (Å²) in [5, 5.41) is 14.5. The zero-order valence-electron chi connectivity index (χ0n) is 14.1. The number of nitrogens with one attached hydrogen (secondary N) is 1. The van der Waals surface area contributed by atoms with Crippen molar-refractivity contribution in [2.24, 2.45) is 0 Å². The Bertz CT molecular complexity index is 927. The number of amides is 1. The molecule has 0 aliphatic rings. The Morgan fingerprint density at radius 2 is 1.77 bits per heavy atom. The van der Waals surface area contributed by atoms with Gasteiger partial charge in [-0.2, -0.15) is 0 Å². The van der Waals surface area contributed by atoms with Crippen LogP contribution in [0, 0.1) is 11.6 Å². The summed E-state index contributed by atoms with van der Waals surface area (Å²) < 4.78 is 26.8. The summed E-state index contributed by atoms with van der Waals surface area (Å²) in [6.45, 7) is -0.252. The molecule has 0 saturated carbocycles. The molecule has 26 heavy (non-hydrogen) atoms. The molecule has 0 heterocycles. The van der Waals surface area contributed by atoms with Crippen LogP contribution < -0.4 is 5.32 Å². The second-order valence-electron chi connectivity index (χ2n) is 6.14. The van der Waals surface area contributed by atoms with Crippen molar-refractivity contribution in [1.82, 2.24) is 5.32 Å². The Balaban J connectivity index is 1.66. The molecule has 3 rings (SSSR count). The lowest BCUT2D eigenvalue weighted by Gasteiger charge is -2.17. The lowest BCUT2D eigenvalue weighted by atomic mass is 10.0. The lowest BCUT2D eigenvalue weighted by Crippen LogP contribution is -2.31. The van der Waals surface area contributed by atoms with Crippen LogP contribution in [0.15, 0.2) is 60.7 Å². The molecule has 134 valence electrons. The van der Waals surface area contributed by atoms with Crippen molar-refractivity contribution < 1.29 is 18.7 Å². The molecule has 5 heteroatoms. The molecule has 1 atom stereocenters. The molecule has 0 radical (unpaired) electrons. The highest BCUT2D eigenvalue weighted by Gasteiger charge is 2.15. The summed E-state index contributed by atoms with van der Waals surface area (Å²) in [5.74, 6) is -1.40. The van der Waals surface area contributed by atoms with E-state index in [0.717, 1.165) is 34.5 Å². The number of fused-ring (bicyclic) bond motifs is 1. The van der Waals surface area contributed by atoms with E-state index >= 15 is 0 Å². The Hall–Kier alpha value is -2.79. The van der Waals surface area contributed by atoms with Crippen molar-refractivity contribution >= 4 is 16.7 Å². The fourth-order valence-electron chi connectivity index (χ4n) is 2.91. The molecular formula is C21H19F2NO2. The quantitative estimate of drug-likeness (QED) is 0.705. The van der Waals surface area contributed by atoms with Gasteiger partial charge < -0.3 is 10.4 Å². The molecule has 0 fully saturated rings. The Morgan fingerprint density at radius 3 is 2.54 bits per heavy atom. The van der Waals surface area contributed by atoms with E-state index in [9.17, 15) is 18.7 Å². The number of benzene rings is 3. The maximum atomic E-state index is 13.6. The van der Waals surface area contributed by atoms with Gasteiger partial charge in [0, 0.05) is 6.42 Å². The van der Waals surface area contributed by atoms with Gasteiger partial charge >= 0.3 is 0 Å². The van der Waals surface area contributed by atoms with Crippen molar-refractivity contribution in [3.05, 3.63) is 83.4 Å². The highest BCUT2D eigenvalue weighted by molar-refractivity contribution is 5.83. The lowest BCUT2D eigenvalue weighted by molar-refractivity contribution is -0.122. The molecule has 0 aromatic heterocycles. The van der Waals surface area contributed by atoms with Gasteiger partial charge in [0.2, 0.25) is 5.91 Å². The number of carbonyl (C=O) groups excluding carboxylic acids is 1. The normalized spacial score (nSPS) is 12.1. The molecule has 0 saturated heterocycles. The monoisotopic (exact) mass is 355 g/mol. The number of aryl methyl sites for hydroxylation is 1. The zero-order chi connectivity index (χ0) is 18.5. The van der Waals surface area contributed by atoms with E-state index in [2.05, 4.69) is 5.32 Å². The molecule has 1 unspecified atom stereocenters. The summed E-state index contributed by atoms with van der Waals surface area (Å²) in [6, 6.07) is 16.2. The molecule has 0 spiro atoms. The summed E-state index contributed by atoms with van der Waals surface area (Å²) in [6.07, 6.45) is 0.0930. The van der Waals surface area contributed by atoms with Crippen molar-refractivity contribution in [2.45, 2.75) is 18.9 Å². The van der Waals surface area contributed by atoms with Crippen molar-refractivity contribution in [3.63, 3.8) is 0 Å². The van der Waals surface area contributed by atoms with E-state index in [1.807, 2.05) is 42.5 Å². The van der Waals surface area contributed by atoms with E-state index in [4.69, 9.17) is 0 Å². The van der Waals surface area contributed by atoms with Crippen LogP contribution in [-0.4, -0.2) is 17.6 Å². The van der Waals surface area contributed by atoms with Gasteiger partial charge in [-0.3, -0.25) is 4.79 Å². The van der Waals surface area contributed by atoms with Gasteiger partial charge in [0.15, 0.2) is 0 Å². The van der Waals surface area contributed by atoms with E-state index < -0.39 is 17.7 Å². The standard InChI is InChI=1S/C21H19F2NO2/c22-18-8-9-19(23)16(12-18)7-10-21(26)24-20(13-25)17-6-5-14-3-1-2-4-15(14)11-17/h1-6,8-9,11-12,20,25H,7,10,13H2,(H,24,26). The second kappa shape index (κ2) is 8.06. The topological polar surface area (TPSA) is 49.3 Å². The van der Waals surface area contributed by atoms with Crippen LogP contribution in [0.5, 0.6) is 0 Å². The van der Waals surface area contributed by atoms with Crippen LogP contribution in [0.1, 0.15) is 23.6 Å². The number of halogens is 2. The average molecular weight is 355 g/mol. The molecule has 0 aliphatic carbocycles. The molecular weight excluding hydrogens is 336 g/mol. The third-order valence-electron chi connectivity index (χ3n) is 4.32. The first-order valence-corrected chi connectivity index (χ1v) is 8.39. The maximum Gasteiger partial charge on any atom is 0.220 e. The van der Waals surface area contributed by atoms with Crippen LogP contribution >= 0.6 is 0 Å². The molecule has 3 aromatic rings. The van der Waals surface area contributed by atoms with Gasteiger partial charge in [0.1, 0.15) is 11.6 Å². The summed E-state index contributed by atoms with van der Waals surface area (Å²) in [5.41, 5.74) is 0.947. The van der Waals surface area contributed by atoms with Gasteiger partial charge in [-0.15, -0.1) is 0 Å². The largest absolute Gasteiger partial charge is 0.394 e. The van der Waals surface area contributed by atoms with Crippen molar-refractivity contribution in [2.75, 3.05) is 6.61 Å². The van der Waals surface area contributed by atoms with Crippen LogP contribution in [0.4, 0.5) is 8.78 Å². The Kier molecular flexibility index (Phi) is 5.58. The van der Waals surface area contributed by atoms with Crippen LogP contribution in [0.2, 0.25) is 0 Å². The number of rotatable bonds is 6. The molecule has 1 amide bonds. The van der Waals surface area contributed by atoms with E-state index in [-0.39, 0.29) is 30.9 Å². The van der Waals surface area contributed by atoms with E-state index in [1.54, 1.807) is 0 Å². The van der Waals surface area contributed by atoms with E-state index in [0.29, 0.717) is 0 Å². The SMILES string of the molecule is O=C(CCc1cc(F)ccc1F)NC(CO)c1ccc2ccccc2c1. The minimum Gasteiger partial charge on any atom is -0.394 e. The summed E-state index contributed by atoms with van der Waals surface area (Å²) in [7, 11) is 0. The maximum absolute atomic E-state index is 13.6. The van der Waals surface area contributed by atoms with Gasteiger partial charge in [-0.1, -0.05) is 36.4 Å². The molecule has 3 nitrogen and oxygen atoms in total. The Labute approximate surface area is 150 Å². The fourth-order valence-corrected chi connectivity index (χ4v) is 2.91.